The van der Waals surface area contributed by atoms with Crippen LogP contribution in [0.25, 0.3) is 0 Å². The van der Waals surface area contributed by atoms with Gasteiger partial charge in [0.25, 0.3) is 0 Å². The van der Waals surface area contributed by atoms with Crippen LogP contribution in [0.2, 0.25) is 5.02 Å². The highest BCUT2D eigenvalue weighted by atomic mass is 35.5. The van der Waals surface area contributed by atoms with Gasteiger partial charge in [-0.15, -0.1) is 0 Å². The summed E-state index contributed by atoms with van der Waals surface area (Å²) in [5, 5.41) is 4.45. The summed E-state index contributed by atoms with van der Waals surface area (Å²) in [6.07, 6.45) is 8.94. The van der Waals surface area contributed by atoms with Crippen molar-refractivity contribution in [3.05, 3.63) is 29.0 Å². The summed E-state index contributed by atoms with van der Waals surface area (Å²) in [5.41, 5.74) is 1.57. The average molecular weight is 280 g/mol. The monoisotopic (exact) mass is 279 g/mol. The molecule has 0 bridgehead atoms. The molecule has 2 fully saturated rings. The van der Waals surface area contributed by atoms with Gasteiger partial charge in [-0.05, 0) is 31.4 Å². The van der Waals surface area contributed by atoms with Crippen molar-refractivity contribution in [1.82, 2.24) is 15.2 Å². The van der Waals surface area contributed by atoms with Gasteiger partial charge in [-0.3, -0.25) is 9.88 Å². The zero-order chi connectivity index (χ0) is 13.3. The second kappa shape index (κ2) is 5.39. The van der Waals surface area contributed by atoms with E-state index in [-0.39, 0.29) is 0 Å². The molecule has 4 heteroatoms. The number of nitrogens with one attached hydrogen (secondary N) is 1. The van der Waals surface area contributed by atoms with Crippen LogP contribution in [-0.2, 0) is 6.54 Å². The molecule has 0 aromatic carbocycles. The first-order chi connectivity index (χ1) is 9.20. The third kappa shape index (κ3) is 2.64. The van der Waals surface area contributed by atoms with E-state index in [1.165, 1.54) is 31.2 Å². The van der Waals surface area contributed by atoms with Gasteiger partial charge in [-0.25, -0.2) is 0 Å². The van der Waals surface area contributed by atoms with Crippen LogP contribution in [0.5, 0.6) is 0 Å². The highest BCUT2D eigenvalue weighted by molar-refractivity contribution is 6.31. The van der Waals surface area contributed by atoms with Crippen LogP contribution in [0.1, 0.15) is 38.2 Å². The fraction of sp³-hybridized carbons (Fsp3) is 0.667. The molecule has 3 rings (SSSR count). The Hall–Kier alpha value is -0.640. The van der Waals surface area contributed by atoms with E-state index >= 15 is 0 Å². The lowest BCUT2D eigenvalue weighted by molar-refractivity contribution is 0.0393. The number of rotatable bonds is 2. The number of piperazine rings is 1. The van der Waals surface area contributed by atoms with Crippen molar-refractivity contribution in [2.45, 2.75) is 50.7 Å². The molecule has 1 saturated heterocycles. The number of hydrogen-bond acceptors (Lipinski definition) is 3. The summed E-state index contributed by atoms with van der Waals surface area (Å²) < 4.78 is 0. The van der Waals surface area contributed by atoms with E-state index in [1.54, 1.807) is 6.20 Å². The molecular weight excluding hydrogens is 258 g/mol. The summed E-state index contributed by atoms with van der Waals surface area (Å²) in [6, 6.07) is 2.62. The first kappa shape index (κ1) is 13.3. The lowest BCUT2D eigenvalue weighted by Crippen LogP contribution is -2.62. The van der Waals surface area contributed by atoms with E-state index in [1.807, 2.05) is 6.20 Å². The Kier molecular flexibility index (Phi) is 3.79. The Labute approximate surface area is 120 Å². The average Bonchev–Trinajstić information content (AvgIpc) is 2.87. The van der Waals surface area contributed by atoms with Crippen LogP contribution in [0, 0.1) is 0 Å². The van der Waals surface area contributed by atoms with Crippen LogP contribution in [0.15, 0.2) is 18.5 Å². The Morgan fingerprint density at radius 1 is 1.47 bits per heavy atom. The van der Waals surface area contributed by atoms with Gasteiger partial charge in [-0.2, -0.15) is 0 Å². The number of aromatic nitrogens is 1. The molecule has 0 amide bonds. The third-order valence-electron chi connectivity index (χ3n) is 4.70. The maximum Gasteiger partial charge on any atom is 0.0634 e. The maximum absolute atomic E-state index is 6.27. The van der Waals surface area contributed by atoms with Crippen LogP contribution < -0.4 is 5.32 Å². The van der Waals surface area contributed by atoms with Crippen LogP contribution >= 0.6 is 11.6 Å². The quantitative estimate of drug-likeness (QED) is 0.902. The Bertz CT molecular complexity index is 443. The minimum atomic E-state index is 0.360. The summed E-state index contributed by atoms with van der Waals surface area (Å²) in [4.78, 5) is 6.73. The molecule has 1 unspecified atom stereocenters. The molecule has 1 N–H and O–H groups in total. The highest BCUT2D eigenvalue weighted by Gasteiger charge is 2.42. The molecule has 1 aliphatic carbocycles. The zero-order valence-electron chi connectivity index (χ0n) is 11.5. The largest absolute Gasteiger partial charge is 0.311 e. The van der Waals surface area contributed by atoms with Crippen LogP contribution in [-0.4, -0.2) is 34.6 Å². The first-order valence-electron chi connectivity index (χ1n) is 7.26. The van der Waals surface area contributed by atoms with Crippen molar-refractivity contribution in [2.24, 2.45) is 0 Å². The molecule has 104 valence electrons. The number of halogens is 1. The molecule has 19 heavy (non-hydrogen) atoms. The normalized spacial score (nSPS) is 26.9. The molecule has 0 radical (unpaired) electrons. The van der Waals surface area contributed by atoms with E-state index in [2.05, 4.69) is 28.2 Å². The number of hydrogen-bond donors (Lipinski definition) is 1. The molecule has 1 aromatic rings. The molecule has 1 saturated carbocycles. The zero-order valence-corrected chi connectivity index (χ0v) is 12.3. The van der Waals surface area contributed by atoms with Crippen molar-refractivity contribution >= 4 is 11.6 Å². The van der Waals surface area contributed by atoms with E-state index in [0.717, 1.165) is 24.7 Å². The van der Waals surface area contributed by atoms with Crippen LogP contribution in [0.4, 0.5) is 0 Å². The summed E-state index contributed by atoms with van der Waals surface area (Å²) in [5.74, 6) is 0. The van der Waals surface area contributed by atoms with Crippen LogP contribution in [0.3, 0.4) is 0 Å². The van der Waals surface area contributed by atoms with Crippen molar-refractivity contribution in [3.8, 4) is 0 Å². The summed E-state index contributed by atoms with van der Waals surface area (Å²) >= 11 is 6.27. The molecule has 1 aromatic heterocycles. The standard InChI is InChI=1S/C15H22ClN3/c1-12-9-19(10-13-4-7-17-8-14(13)16)15(11-18-12)5-2-3-6-15/h4,7-8,12,18H,2-3,5-6,9-11H2,1H3. The molecule has 1 atom stereocenters. The summed E-state index contributed by atoms with van der Waals surface area (Å²) in [6.45, 7) is 5.45. The number of pyridine rings is 1. The fourth-order valence-electron chi connectivity index (χ4n) is 3.56. The molecule has 2 heterocycles. The van der Waals surface area contributed by atoms with Crippen molar-refractivity contribution in [1.29, 1.82) is 0 Å². The van der Waals surface area contributed by atoms with Crippen molar-refractivity contribution in [2.75, 3.05) is 13.1 Å². The molecule has 1 aliphatic heterocycles. The van der Waals surface area contributed by atoms with Gasteiger partial charge in [-0.1, -0.05) is 24.4 Å². The van der Waals surface area contributed by atoms with Crippen molar-refractivity contribution < 1.29 is 0 Å². The number of nitrogens with zero attached hydrogens (tertiary/aromatic N) is 2. The topological polar surface area (TPSA) is 28.2 Å². The third-order valence-corrected chi connectivity index (χ3v) is 5.04. The fourth-order valence-corrected chi connectivity index (χ4v) is 3.74. The van der Waals surface area contributed by atoms with Crippen molar-refractivity contribution in [3.63, 3.8) is 0 Å². The lowest BCUT2D eigenvalue weighted by Gasteiger charge is -2.48. The Morgan fingerprint density at radius 3 is 3.00 bits per heavy atom. The minimum Gasteiger partial charge on any atom is -0.311 e. The highest BCUT2D eigenvalue weighted by Crippen LogP contribution is 2.38. The van der Waals surface area contributed by atoms with Gasteiger partial charge in [0.15, 0.2) is 0 Å². The smallest absolute Gasteiger partial charge is 0.0634 e. The van der Waals surface area contributed by atoms with E-state index in [0.29, 0.717) is 11.6 Å². The molecule has 2 aliphatic rings. The van der Waals surface area contributed by atoms with Gasteiger partial charge in [0.05, 0.1) is 5.02 Å². The minimum absolute atomic E-state index is 0.360. The second-order valence-electron chi connectivity index (χ2n) is 6.06. The first-order valence-corrected chi connectivity index (χ1v) is 7.64. The summed E-state index contributed by atoms with van der Waals surface area (Å²) in [7, 11) is 0. The van der Waals surface area contributed by atoms with Gasteiger partial charge in [0, 0.05) is 43.6 Å². The van der Waals surface area contributed by atoms with Gasteiger partial charge < -0.3 is 5.32 Å². The van der Waals surface area contributed by atoms with E-state index < -0.39 is 0 Å². The maximum atomic E-state index is 6.27. The van der Waals surface area contributed by atoms with Gasteiger partial charge in [0.1, 0.15) is 0 Å². The SMILES string of the molecule is CC1CN(Cc2ccncc2Cl)C2(CCCC2)CN1. The Balaban J connectivity index is 1.81. The molecule has 1 spiro atoms. The predicted molar refractivity (Wildman–Crippen MR) is 78.3 cm³/mol. The van der Waals surface area contributed by atoms with Gasteiger partial charge >= 0.3 is 0 Å². The van der Waals surface area contributed by atoms with E-state index in [4.69, 9.17) is 11.6 Å². The predicted octanol–water partition coefficient (Wildman–Crippen LogP) is 2.84. The molecular formula is C15H22ClN3. The molecule has 3 nitrogen and oxygen atoms in total. The lowest BCUT2D eigenvalue weighted by atomic mass is 9.90. The Morgan fingerprint density at radius 2 is 2.26 bits per heavy atom. The second-order valence-corrected chi connectivity index (χ2v) is 6.47. The van der Waals surface area contributed by atoms with Gasteiger partial charge in [0.2, 0.25) is 0 Å². The van der Waals surface area contributed by atoms with E-state index in [9.17, 15) is 0 Å².